The Morgan fingerprint density at radius 2 is 2.25 bits per heavy atom. The molecule has 0 unspecified atom stereocenters. The van der Waals surface area contributed by atoms with Gasteiger partial charge in [-0.05, 0) is 34.1 Å². The molecule has 0 atom stereocenters. The van der Waals surface area contributed by atoms with Gasteiger partial charge >= 0.3 is 0 Å². The monoisotopic (exact) mass is 287 g/mol. The molecule has 5 heteroatoms. The van der Waals surface area contributed by atoms with E-state index < -0.39 is 0 Å². The smallest absolute Gasteiger partial charge is 0.253 e. The van der Waals surface area contributed by atoms with E-state index in [1.807, 2.05) is 0 Å². The van der Waals surface area contributed by atoms with Gasteiger partial charge in [0.05, 0.1) is 18.2 Å². The summed E-state index contributed by atoms with van der Waals surface area (Å²) in [6.45, 7) is 0.280. The van der Waals surface area contributed by atoms with Crippen LogP contribution in [-0.2, 0) is 0 Å². The van der Waals surface area contributed by atoms with Gasteiger partial charge in [0.2, 0.25) is 0 Å². The molecule has 0 heterocycles. The maximum atomic E-state index is 11.8. The molecular formula is C11H14BrNO3. The van der Waals surface area contributed by atoms with Crippen molar-refractivity contribution in [1.29, 1.82) is 0 Å². The van der Waals surface area contributed by atoms with E-state index >= 15 is 0 Å². The summed E-state index contributed by atoms with van der Waals surface area (Å²) in [4.78, 5) is 13.3. The average molecular weight is 288 g/mol. The van der Waals surface area contributed by atoms with Crippen molar-refractivity contribution in [2.45, 2.75) is 0 Å². The summed E-state index contributed by atoms with van der Waals surface area (Å²) in [5, 5.41) is 8.75. The molecule has 0 aromatic heterocycles. The van der Waals surface area contributed by atoms with Gasteiger partial charge in [0.1, 0.15) is 5.75 Å². The Kier molecular flexibility index (Phi) is 4.76. The minimum Gasteiger partial charge on any atom is -0.496 e. The van der Waals surface area contributed by atoms with Crippen molar-refractivity contribution >= 4 is 21.8 Å². The van der Waals surface area contributed by atoms with E-state index in [-0.39, 0.29) is 12.5 Å². The quantitative estimate of drug-likeness (QED) is 0.914. The molecule has 0 bridgehead atoms. The molecule has 1 amide bonds. The molecule has 4 nitrogen and oxygen atoms in total. The largest absolute Gasteiger partial charge is 0.496 e. The Morgan fingerprint density at radius 1 is 1.56 bits per heavy atom. The molecular weight excluding hydrogens is 274 g/mol. The number of hydrogen-bond acceptors (Lipinski definition) is 3. The highest BCUT2D eigenvalue weighted by Crippen LogP contribution is 2.25. The lowest BCUT2D eigenvalue weighted by molar-refractivity contribution is 0.0767. The van der Waals surface area contributed by atoms with Crippen LogP contribution in [0.4, 0.5) is 0 Å². The molecule has 0 fully saturated rings. The van der Waals surface area contributed by atoms with Crippen molar-refractivity contribution in [2.75, 3.05) is 27.3 Å². The third-order valence-electron chi connectivity index (χ3n) is 2.18. The minimum atomic E-state index is -0.127. The number of rotatable bonds is 4. The average Bonchev–Trinajstić information content (AvgIpc) is 2.28. The van der Waals surface area contributed by atoms with E-state index in [0.29, 0.717) is 17.9 Å². The second-order valence-corrected chi connectivity index (χ2v) is 4.15. The van der Waals surface area contributed by atoms with Crippen LogP contribution in [0.25, 0.3) is 0 Å². The number of carbonyl (C=O) groups excluding carboxylic acids is 1. The SMILES string of the molecule is COc1ccc(C(=O)N(C)CCO)cc1Br. The zero-order valence-corrected chi connectivity index (χ0v) is 10.8. The van der Waals surface area contributed by atoms with Crippen LogP contribution in [-0.4, -0.2) is 43.2 Å². The van der Waals surface area contributed by atoms with E-state index in [1.54, 1.807) is 32.4 Å². The highest BCUT2D eigenvalue weighted by atomic mass is 79.9. The third kappa shape index (κ3) is 2.96. The minimum absolute atomic E-state index is 0.0421. The molecule has 88 valence electrons. The first-order chi connectivity index (χ1) is 7.60. The summed E-state index contributed by atoms with van der Waals surface area (Å²) >= 11 is 3.32. The lowest BCUT2D eigenvalue weighted by Crippen LogP contribution is -2.29. The van der Waals surface area contributed by atoms with Crippen molar-refractivity contribution in [3.05, 3.63) is 28.2 Å². The van der Waals surface area contributed by atoms with E-state index in [1.165, 1.54) is 4.90 Å². The summed E-state index contributed by atoms with van der Waals surface area (Å²) in [6.07, 6.45) is 0. The lowest BCUT2D eigenvalue weighted by Gasteiger charge is -2.16. The molecule has 0 aliphatic rings. The normalized spacial score (nSPS) is 10.0. The van der Waals surface area contributed by atoms with E-state index in [0.717, 1.165) is 4.47 Å². The summed E-state index contributed by atoms with van der Waals surface area (Å²) in [5.41, 5.74) is 0.559. The Morgan fingerprint density at radius 3 is 2.75 bits per heavy atom. The van der Waals surface area contributed by atoms with Crippen LogP contribution in [0.3, 0.4) is 0 Å². The molecule has 0 radical (unpaired) electrons. The maximum Gasteiger partial charge on any atom is 0.253 e. The van der Waals surface area contributed by atoms with Crippen molar-refractivity contribution in [1.82, 2.24) is 4.90 Å². The number of amides is 1. The zero-order chi connectivity index (χ0) is 12.1. The van der Waals surface area contributed by atoms with Gasteiger partial charge < -0.3 is 14.7 Å². The molecule has 0 saturated carbocycles. The highest BCUT2D eigenvalue weighted by molar-refractivity contribution is 9.10. The first-order valence-corrected chi connectivity index (χ1v) is 5.59. The predicted molar refractivity (Wildman–Crippen MR) is 64.7 cm³/mol. The maximum absolute atomic E-state index is 11.8. The van der Waals surface area contributed by atoms with Gasteiger partial charge in [-0.25, -0.2) is 0 Å². The number of hydrogen-bond donors (Lipinski definition) is 1. The molecule has 1 aromatic rings. The van der Waals surface area contributed by atoms with Crippen molar-refractivity contribution in [3.63, 3.8) is 0 Å². The summed E-state index contributed by atoms with van der Waals surface area (Å²) < 4.78 is 5.81. The molecule has 0 spiro atoms. The van der Waals surface area contributed by atoms with Crippen LogP contribution in [0.5, 0.6) is 5.75 Å². The van der Waals surface area contributed by atoms with E-state index in [2.05, 4.69) is 15.9 Å². The number of methoxy groups -OCH3 is 1. The Bertz CT molecular complexity index is 381. The number of halogens is 1. The highest BCUT2D eigenvalue weighted by Gasteiger charge is 2.12. The van der Waals surface area contributed by atoms with Crippen LogP contribution in [0.15, 0.2) is 22.7 Å². The number of likely N-dealkylation sites (N-methyl/N-ethyl adjacent to an activating group) is 1. The summed E-state index contributed by atoms with van der Waals surface area (Å²) in [7, 11) is 3.22. The first-order valence-electron chi connectivity index (χ1n) is 4.80. The van der Waals surface area contributed by atoms with Gasteiger partial charge in [0, 0.05) is 19.2 Å². The van der Waals surface area contributed by atoms with E-state index in [9.17, 15) is 4.79 Å². The fourth-order valence-electron chi connectivity index (χ4n) is 1.27. The molecule has 1 rings (SSSR count). The molecule has 0 aliphatic carbocycles. The first kappa shape index (κ1) is 13.0. The van der Waals surface area contributed by atoms with Gasteiger partial charge in [-0.2, -0.15) is 0 Å². The number of aliphatic hydroxyl groups excluding tert-OH is 1. The fraction of sp³-hybridized carbons (Fsp3) is 0.364. The third-order valence-corrected chi connectivity index (χ3v) is 2.80. The Labute approximate surface area is 103 Å². The fourth-order valence-corrected chi connectivity index (χ4v) is 1.81. The van der Waals surface area contributed by atoms with Crippen molar-refractivity contribution in [3.8, 4) is 5.75 Å². The molecule has 0 saturated heterocycles. The van der Waals surface area contributed by atoms with Gasteiger partial charge in [-0.1, -0.05) is 0 Å². The number of carbonyl (C=O) groups is 1. The predicted octanol–water partition coefficient (Wildman–Crippen LogP) is 1.52. The Hall–Kier alpha value is -1.07. The molecule has 16 heavy (non-hydrogen) atoms. The number of benzene rings is 1. The summed E-state index contributed by atoms with van der Waals surface area (Å²) in [6, 6.07) is 5.12. The van der Waals surface area contributed by atoms with Crippen LogP contribution in [0.2, 0.25) is 0 Å². The van der Waals surface area contributed by atoms with Gasteiger partial charge in [-0.15, -0.1) is 0 Å². The van der Waals surface area contributed by atoms with Crippen molar-refractivity contribution in [2.24, 2.45) is 0 Å². The topological polar surface area (TPSA) is 49.8 Å². The zero-order valence-electron chi connectivity index (χ0n) is 9.24. The van der Waals surface area contributed by atoms with Gasteiger partial charge in [0.25, 0.3) is 5.91 Å². The summed E-state index contributed by atoms with van der Waals surface area (Å²) in [5.74, 6) is 0.554. The molecule has 1 N–H and O–H groups in total. The second kappa shape index (κ2) is 5.86. The number of aliphatic hydroxyl groups is 1. The van der Waals surface area contributed by atoms with Crippen LogP contribution < -0.4 is 4.74 Å². The van der Waals surface area contributed by atoms with Gasteiger partial charge in [0.15, 0.2) is 0 Å². The number of ether oxygens (including phenoxy) is 1. The van der Waals surface area contributed by atoms with Crippen LogP contribution in [0.1, 0.15) is 10.4 Å². The molecule has 0 aliphatic heterocycles. The van der Waals surface area contributed by atoms with Crippen molar-refractivity contribution < 1.29 is 14.6 Å². The number of nitrogens with zero attached hydrogens (tertiary/aromatic N) is 1. The Balaban J connectivity index is 2.88. The van der Waals surface area contributed by atoms with E-state index in [4.69, 9.17) is 9.84 Å². The van der Waals surface area contributed by atoms with Crippen LogP contribution in [0, 0.1) is 0 Å². The van der Waals surface area contributed by atoms with Crippen LogP contribution >= 0.6 is 15.9 Å². The van der Waals surface area contributed by atoms with Gasteiger partial charge in [-0.3, -0.25) is 4.79 Å². The second-order valence-electron chi connectivity index (χ2n) is 3.30. The lowest BCUT2D eigenvalue weighted by atomic mass is 10.2. The standard InChI is InChI=1S/C11H14BrNO3/c1-13(5-6-14)11(15)8-3-4-10(16-2)9(12)7-8/h3-4,7,14H,5-6H2,1-2H3. The molecule has 1 aromatic carbocycles.